The second kappa shape index (κ2) is 16.8. The summed E-state index contributed by atoms with van der Waals surface area (Å²) in [6.07, 6.45) is 4.92. The Bertz CT molecular complexity index is 1160. The van der Waals surface area contributed by atoms with Crippen LogP contribution in [0.2, 0.25) is 0 Å². The van der Waals surface area contributed by atoms with Gasteiger partial charge in [-0.25, -0.2) is 4.79 Å². The summed E-state index contributed by atoms with van der Waals surface area (Å²) < 4.78 is 5.51. The first-order valence-corrected chi connectivity index (χ1v) is 15.3. The predicted molar refractivity (Wildman–Crippen MR) is 167 cm³/mol. The number of hydrogen-bond donors (Lipinski definition) is 3. The molecule has 0 heterocycles. The Morgan fingerprint density at radius 1 is 0.905 bits per heavy atom. The van der Waals surface area contributed by atoms with Crippen molar-refractivity contribution in [3.8, 4) is 5.75 Å². The van der Waals surface area contributed by atoms with Gasteiger partial charge in [-0.15, -0.1) is 0 Å². The minimum Gasteiger partial charge on any atom is -0.508 e. The Morgan fingerprint density at radius 3 is 2.17 bits per heavy atom. The molecule has 8 nitrogen and oxygen atoms in total. The zero-order valence-electron chi connectivity index (χ0n) is 26.6. The molecule has 0 fully saturated rings. The van der Waals surface area contributed by atoms with Crippen LogP contribution in [0.15, 0.2) is 42.5 Å². The van der Waals surface area contributed by atoms with Crippen LogP contribution in [0.25, 0.3) is 0 Å². The van der Waals surface area contributed by atoms with E-state index in [0.29, 0.717) is 13.1 Å². The number of aryl methyl sites for hydroxylation is 2. The minimum absolute atomic E-state index is 0.109. The smallest absolute Gasteiger partial charge is 0.408 e. The Kier molecular flexibility index (Phi) is 13.8. The molecule has 42 heavy (non-hydrogen) atoms. The molecule has 0 aliphatic heterocycles. The quantitative estimate of drug-likeness (QED) is 0.208. The highest BCUT2D eigenvalue weighted by atomic mass is 16.6. The molecule has 0 bridgehead atoms. The molecular weight excluding hydrogens is 530 g/mol. The van der Waals surface area contributed by atoms with Crippen molar-refractivity contribution in [2.24, 2.45) is 0 Å². The second-order valence-electron chi connectivity index (χ2n) is 12.1. The highest BCUT2D eigenvalue weighted by Gasteiger charge is 2.36. The summed E-state index contributed by atoms with van der Waals surface area (Å²) in [5.74, 6) is -0.492. The molecule has 0 aromatic heterocycles. The van der Waals surface area contributed by atoms with Crippen LogP contribution in [0, 0.1) is 13.8 Å². The molecule has 0 aliphatic rings. The minimum atomic E-state index is -0.993. The van der Waals surface area contributed by atoms with E-state index in [4.69, 9.17) is 4.74 Å². The van der Waals surface area contributed by atoms with Crippen LogP contribution in [-0.4, -0.2) is 52.6 Å². The van der Waals surface area contributed by atoms with Crippen molar-refractivity contribution < 1.29 is 24.2 Å². The van der Waals surface area contributed by atoms with Crippen LogP contribution in [0.5, 0.6) is 5.75 Å². The van der Waals surface area contributed by atoms with Crippen molar-refractivity contribution in [3.63, 3.8) is 0 Å². The number of alkyl carbamates (subject to hydrolysis) is 1. The number of phenols is 1. The van der Waals surface area contributed by atoms with Crippen molar-refractivity contribution in [1.82, 2.24) is 15.5 Å². The standard InChI is InChI=1S/C34H51N3O5/c1-8-10-12-13-21-37(30(31(39)35-20-11-9-2)27-17-14-24(3)25(4)22-27)32(40)29(36-33(41)42-34(5,6)7)23-26-15-18-28(38)19-16-26/h14-19,22,29-30,38H,8-13,20-21,23H2,1-7H3,(H,35,39)(H,36,41). The molecule has 0 spiro atoms. The van der Waals surface area contributed by atoms with E-state index in [-0.39, 0.29) is 24.0 Å². The molecule has 2 aromatic rings. The molecule has 3 amide bonds. The van der Waals surface area contributed by atoms with Crippen LogP contribution < -0.4 is 10.6 Å². The SMILES string of the molecule is CCCCCCN(C(=O)C(Cc1ccc(O)cc1)NC(=O)OC(C)(C)C)C(C(=O)NCCCC)c1ccc(C)c(C)c1. The molecule has 2 unspecified atom stereocenters. The predicted octanol–water partition coefficient (Wildman–Crippen LogP) is 6.51. The molecule has 2 aromatic carbocycles. The fourth-order valence-corrected chi connectivity index (χ4v) is 4.69. The van der Waals surface area contributed by atoms with Crippen LogP contribution in [-0.2, 0) is 20.7 Å². The van der Waals surface area contributed by atoms with Crippen LogP contribution >= 0.6 is 0 Å². The average Bonchev–Trinajstić information content (AvgIpc) is 2.91. The molecule has 8 heteroatoms. The third-order valence-corrected chi connectivity index (χ3v) is 7.14. The molecule has 232 valence electrons. The van der Waals surface area contributed by atoms with Gasteiger partial charge in [0.05, 0.1) is 0 Å². The summed E-state index contributed by atoms with van der Waals surface area (Å²) in [6.45, 7) is 14.4. The highest BCUT2D eigenvalue weighted by Crippen LogP contribution is 2.26. The van der Waals surface area contributed by atoms with E-state index in [1.807, 2.05) is 32.0 Å². The van der Waals surface area contributed by atoms with E-state index in [1.54, 1.807) is 49.9 Å². The van der Waals surface area contributed by atoms with Gasteiger partial charge in [0.1, 0.15) is 23.4 Å². The number of rotatable bonds is 15. The second-order valence-corrected chi connectivity index (χ2v) is 12.1. The fourth-order valence-electron chi connectivity index (χ4n) is 4.69. The third-order valence-electron chi connectivity index (χ3n) is 7.14. The maximum atomic E-state index is 14.5. The molecule has 2 atom stereocenters. The number of amides is 3. The van der Waals surface area contributed by atoms with Crippen molar-refractivity contribution >= 4 is 17.9 Å². The fraction of sp³-hybridized carbons (Fsp3) is 0.559. The van der Waals surface area contributed by atoms with E-state index in [1.165, 1.54) is 0 Å². The molecule has 3 N–H and O–H groups in total. The van der Waals surface area contributed by atoms with Gasteiger partial charge in [0.15, 0.2) is 0 Å². The van der Waals surface area contributed by atoms with E-state index < -0.39 is 23.8 Å². The Labute approximate surface area is 252 Å². The van der Waals surface area contributed by atoms with Crippen LogP contribution in [0.4, 0.5) is 4.79 Å². The number of nitrogens with one attached hydrogen (secondary N) is 2. The lowest BCUT2D eigenvalue weighted by molar-refractivity contribution is -0.142. The first-order chi connectivity index (χ1) is 19.9. The molecular formula is C34H51N3O5. The Balaban J connectivity index is 2.57. The summed E-state index contributed by atoms with van der Waals surface area (Å²) in [4.78, 5) is 42.9. The number of benzene rings is 2. The lowest BCUT2D eigenvalue weighted by Crippen LogP contribution is -2.54. The molecule has 0 aliphatic carbocycles. The van der Waals surface area contributed by atoms with Gasteiger partial charge in [-0.2, -0.15) is 0 Å². The normalized spacial score (nSPS) is 12.7. The van der Waals surface area contributed by atoms with E-state index >= 15 is 0 Å². The van der Waals surface area contributed by atoms with Gasteiger partial charge >= 0.3 is 6.09 Å². The van der Waals surface area contributed by atoms with Crippen molar-refractivity contribution in [3.05, 3.63) is 64.7 Å². The average molecular weight is 582 g/mol. The number of unbranched alkanes of at least 4 members (excludes halogenated alkanes) is 4. The largest absolute Gasteiger partial charge is 0.508 e. The van der Waals surface area contributed by atoms with Crippen molar-refractivity contribution in [1.29, 1.82) is 0 Å². The summed E-state index contributed by atoms with van der Waals surface area (Å²) in [5.41, 5.74) is 2.86. The van der Waals surface area contributed by atoms with Crippen LogP contribution in [0.1, 0.15) is 101 Å². The lowest BCUT2D eigenvalue weighted by Gasteiger charge is -2.35. The zero-order chi connectivity index (χ0) is 31.3. The first-order valence-electron chi connectivity index (χ1n) is 15.3. The number of carbonyl (C=O) groups excluding carboxylic acids is 3. The Hall–Kier alpha value is -3.55. The lowest BCUT2D eigenvalue weighted by atomic mass is 9.97. The number of hydrogen-bond acceptors (Lipinski definition) is 5. The van der Waals surface area contributed by atoms with Crippen LogP contribution in [0.3, 0.4) is 0 Å². The number of ether oxygens (including phenoxy) is 1. The zero-order valence-corrected chi connectivity index (χ0v) is 26.6. The summed E-state index contributed by atoms with van der Waals surface area (Å²) in [7, 11) is 0. The molecule has 2 rings (SSSR count). The maximum Gasteiger partial charge on any atom is 0.408 e. The number of aromatic hydroxyl groups is 1. The van der Waals surface area contributed by atoms with Gasteiger partial charge in [-0.05, 0) is 81.8 Å². The highest BCUT2D eigenvalue weighted by molar-refractivity contribution is 5.92. The summed E-state index contributed by atoms with van der Waals surface area (Å²) in [5, 5.41) is 15.6. The Morgan fingerprint density at radius 2 is 1.57 bits per heavy atom. The van der Waals surface area contributed by atoms with E-state index in [0.717, 1.165) is 60.8 Å². The number of nitrogens with zero attached hydrogens (tertiary/aromatic N) is 1. The van der Waals surface area contributed by atoms with Crippen molar-refractivity contribution in [2.45, 2.75) is 111 Å². The van der Waals surface area contributed by atoms with Gasteiger partial charge in [0, 0.05) is 19.5 Å². The molecule has 0 saturated carbocycles. The topological polar surface area (TPSA) is 108 Å². The first kappa shape index (κ1) is 34.7. The summed E-state index contributed by atoms with van der Waals surface area (Å²) in [6, 6.07) is 10.5. The van der Waals surface area contributed by atoms with Gasteiger partial charge in [-0.3, -0.25) is 9.59 Å². The number of phenolic OH excluding ortho intramolecular Hbond substituents is 1. The van der Waals surface area contributed by atoms with E-state index in [2.05, 4.69) is 24.5 Å². The third kappa shape index (κ3) is 11.4. The van der Waals surface area contributed by atoms with Gasteiger partial charge in [0.25, 0.3) is 0 Å². The molecule has 0 saturated heterocycles. The number of carbonyl (C=O) groups is 3. The van der Waals surface area contributed by atoms with E-state index in [9.17, 15) is 19.5 Å². The van der Waals surface area contributed by atoms with Gasteiger partial charge in [0.2, 0.25) is 11.8 Å². The van der Waals surface area contributed by atoms with Crippen molar-refractivity contribution in [2.75, 3.05) is 13.1 Å². The van der Waals surface area contributed by atoms with Gasteiger partial charge in [-0.1, -0.05) is 69.9 Å². The maximum absolute atomic E-state index is 14.5. The summed E-state index contributed by atoms with van der Waals surface area (Å²) >= 11 is 0. The van der Waals surface area contributed by atoms with Gasteiger partial charge < -0.3 is 25.4 Å². The monoisotopic (exact) mass is 581 g/mol. The molecule has 0 radical (unpaired) electrons.